The fourth-order valence-electron chi connectivity index (χ4n) is 3.10. The molecule has 2 aromatic rings. The van der Waals surface area contributed by atoms with Gasteiger partial charge in [-0.3, -0.25) is 4.79 Å². The molecule has 1 aliphatic heterocycles. The van der Waals surface area contributed by atoms with Gasteiger partial charge >= 0.3 is 0 Å². The first-order valence-corrected chi connectivity index (χ1v) is 11.1. The molecule has 0 unspecified atom stereocenters. The number of ether oxygens (including phenoxy) is 2. The predicted molar refractivity (Wildman–Crippen MR) is 112 cm³/mol. The number of hydrogen-bond donors (Lipinski definition) is 1. The molecule has 0 bridgehead atoms. The Morgan fingerprint density at radius 1 is 1.14 bits per heavy atom. The molecule has 0 aromatic heterocycles. The average molecular weight is 439 g/mol. The Hall–Kier alpha value is -2.29. The van der Waals surface area contributed by atoms with Crippen LogP contribution < -0.4 is 14.8 Å². The topological polar surface area (TPSA) is 84.9 Å². The number of hydrogen-bond acceptors (Lipinski definition) is 5. The summed E-state index contributed by atoms with van der Waals surface area (Å²) in [7, 11) is -3.65. The van der Waals surface area contributed by atoms with Crippen molar-refractivity contribution < 1.29 is 22.7 Å². The van der Waals surface area contributed by atoms with Gasteiger partial charge in [0.1, 0.15) is 13.2 Å². The Morgan fingerprint density at radius 2 is 1.83 bits per heavy atom. The van der Waals surface area contributed by atoms with E-state index in [0.717, 1.165) is 0 Å². The maximum atomic E-state index is 12.9. The standard InChI is InChI=1S/C20H23ClN2O5S/c1-4-23(5-2)29(25,26)18-12-15(7-6-13(18)3)22-20(24)14-10-16(21)19-17(11-14)27-8-9-28-19/h6-7,10-12H,4-5,8-9H2,1-3H3,(H,22,24). The lowest BCUT2D eigenvalue weighted by Crippen LogP contribution is -2.31. The van der Waals surface area contributed by atoms with Crippen molar-refractivity contribution in [1.82, 2.24) is 4.31 Å². The Labute approximate surface area is 175 Å². The van der Waals surface area contributed by atoms with Crippen molar-refractivity contribution in [1.29, 1.82) is 0 Å². The van der Waals surface area contributed by atoms with Crippen LogP contribution in [0.3, 0.4) is 0 Å². The van der Waals surface area contributed by atoms with Gasteiger partial charge in [-0.15, -0.1) is 0 Å². The normalized spacial score (nSPS) is 13.4. The van der Waals surface area contributed by atoms with E-state index in [4.69, 9.17) is 21.1 Å². The molecule has 9 heteroatoms. The molecule has 2 aromatic carbocycles. The van der Waals surface area contributed by atoms with E-state index in [1.165, 1.54) is 16.4 Å². The van der Waals surface area contributed by atoms with E-state index in [9.17, 15) is 13.2 Å². The van der Waals surface area contributed by atoms with Gasteiger partial charge in [0.05, 0.1) is 9.92 Å². The number of sulfonamides is 1. The van der Waals surface area contributed by atoms with Crippen LogP contribution in [0.2, 0.25) is 5.02 Å². The van der Waals surface area contributed by atoms with Crippen molar-refractivity contribution in [3.05, 3.63) is 46.5 Å². The zero-order valence-electron chi connectivity index (χ0n) is 16.5. The number of fused-ring (bicyclic) bond motifs is 1. The molecule has 0 saturated heterocycles. The summed E-state index contributed by atoms with van der Waals surface area (Å²) in [6.07, 6.45) is 0. The van der Waals surface area contributed by atoms with E-state index in [1.807, 2.05) is 0 Å². The van der Waals surface area contributed by atoms with Gasteiger partial charge in [-0.05, 0) is 36.8 Å². The number of nitrogens with zero attached hydrogens (tertiary/aromatic N) is 1. The minimum Gasteiger partial charge on any atom is -0.486 e. The van der Waals surface area contributed by atoms with E-state index in [1.54, 1.807) is 39.0 Å². The first-order valence-electron chi connectivity index (χ1n) is 9.29. The fourth-order valence-corrected chi connectivity index (χ4v) is 5.08. The SMILES string of the molecule is CCN(CC)S(=O)(=O)c1cc(NC(=O)c2cc(Cl)c3c(c2)OCCO3)ccc1C. The van der Waals surface area contributed by atoms with Crippen molar-refractivity contribution >= 4 is 33.2 Å². The third kappa shape index (κ3) is 4.34. The van der Waals surface area contributed by atoms with E-state index in [0.29, 0.717) is 49.1 Å². The number of rotatable bonds is 6. The largest absolute Gasteiger partial charge is 0.486 e. The maximum absolute atomic E-state index is 12.9. The Balaban J connectivity index is 1.90. The number of nitrogens with one attached hydrogen (secondary N) is 1. The number of aryl methyl sites for hydroxylation is 1. The monoisotopic (exact) mass is 438 g/mol. The minimum absolute atomic E-state index is 0.166. The van der Waals surface area contributed by atoms with Crippen LogP contribution in [0.1, 0.15) is 29.8 Å². The summed E-state index contributed by atoms with van der Waals surface area (Å²) < 4.78 is 38.1. The molecule has 1 heterocycles. The molecule has 0 radical (unpaired) electrons. The first-order chi connectivity index (χ1) is 13.8. The van der Waals surface area contributed by atoms with Gasteiger partial charge < -0.3 is 14.8 Å². The average Bonchev–Trinajstić information content (AvgIpc) is 2.70. The van der Waals surface area contributed by atoms with Crippen molar-refractivity contribution in [3.8, 4) is 11.5 Å². The van der Waals surface area contributed by atoms with Crippen LogP contribution in [0.5, 0.6) is 11.5 Å². The van der Waals surface area contributed by atoms with Crippen molar-refractivity contribution in [2.24, 2.45) is 0 Å². The van der Waals surface area contributed by atoms with Crippen LogP contribution in [0, 0.1) is 6.92 Å². The summed E-state index contributed by atoms with van der Waals surface area (Å²) in [5.74, 6) is 0.388. The minimum atomic E-state index is -3.65. The van der Waals surface area contributed by atoms with Gasteiger partial charge in [0.2, 0.25) is 10.0 Å². The lowest BCUT2D eigenvalue weighted by molar-refractivity contribution is 0.102. The highest BCUT2D eigenvalue weighted by Crippen LogP contribution is 2.38. The molecule has 7 nitrogen and oxygen atoms in total. The van der Waals surface area contributed by atoms with Crippen molar-refractivity contribution in [2.45, 2.75) is 25.7 Å². The summed E-state index contributed by atoms with van der Waals surface area (Å²) >= 11 is 6.20. The number of carbonyl (C=O) groups excluding carboxylic acids is 1. The van der Waals surface area contributed by atoms with Gasteiger partial charge in [-0.25, -0.2) is 8.42 Å². The molecular weight excluding hydrogens is 416 g/mol. The molecule has 0 spiro atoms. The Morgan fingerprint density at radius 3 is 2.52 bits per heavy atom. The summed E-state index contributed by atoms with van der Waals surface area (Å²) in [6, 6.07) is 7.85. The highest BCUT2D eigenvalue weighted by molar-refractivity contribution is 7.89. The van der Waals surface area contributed by atoms with E-state index < -0.39 is 15.9 Å². The predicted octanol–water partition coefficient (Wildman–Crippen LogP) is 3.70. The molecule has 1 N–H and O–H groups in total. The van der Waals surface area contributed by atoms with Crippen LogP contribution in [0.4, 0.5) is 5.69 Å². The third-order valence-electron chi connectivity index (χ3n) is 4.63. The van der Waals surface area contributed by atoms with Crippen molar-refractivity contribution in [2.75, 3.05) is 31.6 Å². The smallest absolute Gasteiger partial charge is 0.255 e. The second kappa shape index (κ2) is 8.61. The molecule has 0 aliphatic carbocycles. The van der Waals surface area contributed by atoms with Crippen LogP contribution in [-0.4, -0.2) is 44.9 Å². The number of amides is 1. The number of benzene rings is 2. The summed E-state index contributed by atoms with van der Waals surface area (Å²) in [4.78, 5) is 12.9. The maximum Gasteiger partial charge on any atom is 0.255 e. The highest BCUT2D eigenvalue weighted by Gasteiger charge is 2.24. The van der Waals surface area contributed by atoms with Gasteiger partial charge in [-0.1, -0.05) is 31.5 Å². The van der Waals surface area contributed by atoms with E-state index in [-0.39, 0.29) is 15.5 Å². The number of anilines is 1. The molecule has 1 aliphatic rings. The lowest BCUT2D eigenvalue weighted by Gasteiger charge is -2.21. The molecule has 156 valence electrons. The third-order valence-corrected chi connectivity index (χ3v) is 7.10. The van der Waals surface area contributed by atoms with Gasteiger partial charge in [-0.2, -0.15) is 4.31 Å². The zero-order valence-corrected chi connectivity index (χ0v) is 18.1. The molecule has 0 saturated carbocycles. The second-order valence-electron chi connectivity index (χ2n) is 6.51. The zero-order chi connectivity index (χ0) is 21.2. The number of halogens is 1. The van der Waals surface area contributed by atoms with Gasteiger partial charge in [0.25, 0.3) is 5.91 Å². The molecule has 0 fully saturated rings. The summed E-state index contributed by atoms with van der Waals surface area (Å²) in [5, 5.41) is 3.01. The van der Waals surface area contributed by atoms with Crippen molar-refractivity contribution in [3.63, 3.8) is 0 Å². The van der Waals surface area contributed by atoms with Crippen LogP contribution >= 0.6 is 11.6 Å². The second-order valence-corrected chi connectivity index (χ2v) is 8.82. The Bertz CT molecular complexity index is 1040. The molecule has 3 rings (SSSR count). The highest BCUT2D eigenvalue weighted by atomic mass is 35.5. The van der Waals surface area contributed by atoms with E-state index in [2.05, 4.69) is 5.32 Å². The fraction of sp³-hybridized carbons (Fsp3) is 0.350. The molecule has 29 heavy (non-hydrogen) atoms. The number of carbonyl (C=O) groups is 1. The molecular formula is C20H23ClN2O5S. The van der Waals surface area contributed by atoms with Gasteiger partial charge in [0, 0.05) is 24.3 Å². The van der Waals surface area contributed by atoms with Crippen LogP contribution in [0.25, 0.3) is 0 Å². The van der Waals surface area contributed by atoms with Crippen LogP contribution in [-0.2, 0) is 10.0 Å². The van der Waals surface area contributed by atoms with Gasteiger partial charge in [0.15, 0.2) is 11.5 Å². The quantitative estimate of drug-likeness (QED) is 0.743. The summed E-state index contributed by atoms with van der Waals surface area (Å²) in [6.45, 7) is 6.79. The first kappa shape index (κ1) is 21.4. The van der Waals surface area contributed by atoms with Crippen LogP contribution in [0.15, 0.2) is 35.2 Å². The summed E-state index contributed by atoms with van der Waals surface area (Å²) in [5.41, 5.74) is 1.27. The molecule has 0 atom stereocenters. The van der Waals surface area contributed by atoms with E-state index >= 15 is 0 Å². The molecule has 1 amide bonds. The lowest BCUT2D eigenvalue weighted by atomic mass is 10.1. The Kier molecular flexibility index (Phi) is 6.36.